The molecule has 0 spiro atoms. The fourth-order valence-electron chi connectivity index (χ4n) is 3.13. The maximum Gasteiger partial charge on any atom is 0.255 e. The molecule has 0 aromatic heterocycles. The van der Waals surface area contributed by atoms with E-state index in [0.717, 1.165) is 12.1 Å². The summed E-state index contributed by atoms with van der Waals surface area (Å²) in [4.78, 5) is 33.1. The number of ketones is 1. The molecular formula is C20H12F4N4O2. The van der Waals surface area contributed by atoms with Crippen LogP contribution in [0.1, 0.15) is 20.7 Å². The largest absolute Gasteiger partial charge is 0.367 e. The van der Waals surface area contributed by atoms with Crippen molar-refractivity contribution in [1.29, 1.82) is 0 Å². The first-order valence-corrected chi connectivity index (χ1v) is 8.67. The molecule has 152 valence electrons. The molecule has 2 atom stereocenters. The van der Waals surface area contributed by atoms with E-state index in [1.54, 1.807) is 0 Å². The third-order valence-corrected chi connectivity index (χ3v) is 4.57. The Hall–Kier alpha value is -3.82. The van der Waals surface area contributed by atoms with Gasteiger partial charge in [-0.25, -0.2) is 17.6 Å². The van der Waals surface area contributed by atoms with Crippen molar-refractivity contribution < 1.29 is 27.2 Å². The summed E-state index contributed by atoms with van der Waals surface area (Å²) < 4.78 is 56.8. The molecule has 2 N–H and O–H groups in total. The second-order valence-electron chi connectivity index (χ2n) is 6.45. The van der Waals surface area contributed by atoms with Gasteiger partial charge in [0, 0.05) is 35.8 Å². The Morgan fingerprint density at radius 3 is 2.53 bits per heavy atom. The standard InChI is InChI=1S/C20H12F4N4O2/c21-10-3-1-2-9(6-10)20(30)28-13-7-12(22)15(23)14(16(13)24)18(29)11-8-27-19-17(11)25-4-5-26-19/h1-8,17,19,27H,(H,28,30). The predicted molar refractivity (Wildman–Crippen MR) is 101 cm³/mol. The minimum atomic E-state index is -1.70. The van der Waals surface area contributed by atoms with E-state index in [4.69, 9.17) is 0 Å². The number of amides is 1. The summed E-state index contributed by atoms with van der Waals surface area (Å²) in [5, 5.41) is 4.78. The van der Waals surface area contributed by atoms with Crippen LogP contribution in [0.2, 0.25) is 0 Å². The summed E-state index contributed by atoms with van der Waals surface area (Å²) in [7, 11) is 0. The van der Waals surface area contributed by atoms with E-state index >= 15 is 0 Å². The molecule has 2 aliphatic rings. The van der Waals surface area contributed by atoms with Crippen molar-refractivity contribution in [1.82, 2.24) is 5.32 Å². The monoisotopic (exact) mass is 416 g/mol. The Bertz CT molecular complexity index is 1160. The van der Waals surface area contributed by atoms with E-state index in [-0.39, 0.29) is 11.1 Å². The molecule has 2 aliphatic heterocycles. The van der Waals surface area contributed by atoms with Crippen LogP contribution in [0, 0.1) is 23.3 Å². The lowest BCUT2D eigenvalue weighted by molar-refractivity contribution is 0.101. The first-order valence-electron chi connectivity index (χ1n) is 8.67. The van der Waals surface area contributed by atoms with Crippen LogP contribution in [-0.2, 0) is 0 Å². The highest BCUT2D eigenvalue weighted by molar-refractivity contribution is 6.18. The third kappa shape index (κ3) is 3.36. The number of Topliss-reactive ketones (excluding diaryl/α,β-unsaturated/α-hetero) is 1. The summed E-state index contributed by atoms with van der Waals surface area (Å²) >= 11 is 0. The molecule has 4 rings (SSSR count). The lowest BCUT2D eigenvalue weighted by Gasteiger charge is -2.17. The first-order chi connectivity index (χ1) is 14.4. The molecule has 0 saturated carbocycles. The zero-order valence-corrected chi connectivity index (χ0v) is 15.0. The highest BCUT2D eigenvalue weighted by atomic mass is 19.2. The van der Waals surface area contributed by atoms with Gasteiger partial charge in [-0.1, -0.05) is 6.07 Å². The molecule has 2 heterocycles. The molecular weight excluding hydrogens is 404 g/mol. The van der Waals surface area contributed by atoms with Gasteiger partial charge in [-0.2, -0.15) is 0 Å². The van der Waals surface area contributed by atoms with Crippen molar-refractivity contribution in [2.75, 3.05) is 5.32 Å². The second-order valence-corrected chi connectivity index (χ2v) is 6.45. The van der Waals surface area contributed by atoms with Crippen molar-refractivity contribution in [3.05, 3.63) is 76.5 Å². The lowest BCUT2D eigenvalue weighted by Crippen LogP contribution is -2.32. The number of nitrogens with one attached hydrogen (secondary N) is 2. The van der Waals surface area contributed by atoms with Gasteiger partial charge in [0.15, 0.2) is 23.2 Å². The van der Waals surface area contributed by atoms with Crippen LogP contribution in [0.5, 0.6) is 0 Å². The second kappa shape index (κ2) is 7.54. The van der Waals surface area contributed by atoms with Gasteiger partial charge in [-0.05, 0) is 18.2 Å². The SMILES string of the molecule is O=C(Nc1cc(F)c(F)c(C(=O)C2=CNC3N=CC=NC23)c1F)c1cccc(F)c1. The van der Waals surface area contributed by atoms with E-state index in [2.05, 4.69) is 15.3 Å². The molecule has 2 aromatic carbocycles. The van der Waals surface area contributed by atoms with Crippen molar-refractivity contribution in [2.24, 2.45) is 9.98 Å². The minimum absolute atomic E-state index is 0.112. The maximum atomic E-state index is 15.0. The van der Waals surface area contributed by atoms with E-state index in [0.29, 0.717) is 6.07 Å². The molecule has 30 heavy (non-hydrogen) atoms. The van der Waals surface area contributed by atoms with Crippen molar-refractivity contribution in [2.45, 2.75) is 12.2 Å². The molecule has 0 aliphatic carbocycles. The lowest BCUT2D eigenvalue weighted by atomic mass is 9.96. The fourth-order valence-corrected chi connectivity index (χ4v) is 3.13. The van der Waals surface area contributed by atoms with E-state index in [1.807, 2.05) is 5.32 Å². The van der Waals surface area contributed by atoms with E-state index in [9.17, 15) is 27.2 Å². The van der Waals surface area contributed by atoms with Gasteiger partial charge in [-0.15, -0.1) is 0 Å². The summed E-state index contributed by atoms with van der Waals surface area (Å²) in [6.45, 7) is 0. The molecule has 2 unspecified atom stereocenters. The number of aliphatic imine (C=N–C) groups is 2. The average molecular weight is 416 g/mol. The number of rotatable bonds is 4. The van der Waals surface area contributed by atoms with Crippen LogP contribution < -0.4 is 10.6 Å². The van der Waals surface area contributed by atoms with Crippen LogP contribution in [0.15, 0.2) is 52.1 Å². The number of fused-ring (bicyclic) bond motifs is 1. The number of hydrogen-bond donors (Lipinski definition) is 2. The topological polar surface area (TPSA) is 82.9 Å². The summed E-state index contributed by atoms with van der Waals surface area (Å²) in [5.74, 6) is -7.52. The Labute approximate surface area is 167 Å². The zero-order chi connectivity index (χ0) is 21.4. The Morgan fingerprint density at radius 1 is 1.00 bits per heavy atom. The molecule has 1 amide bonds. The Balaban J connectivity index is 1.69. The van der Waals surface area contributed by atoms with Gasteiger partial charge in [0.2, 0.25) is 0 Å². The number of hydrogen-bond acceptors (Lipinski definition) is 5. The molecule has 0 bridgehead atoms. The van der Waals surface area contributed by atoms with Gasteiger partial charge in [0.25, 0.3) is 5.91 Å². The minimum Gasteiger partial charge on any atom is -0.367 e. The van der Waals surface area contributed by atoms with Gasteiger partial charge in [0.1, 0.15) is 18.0 Å². The van der Waals surface area contributed by atoms with Crippen LogP contribution in [0.3, 0.4) is 0 Å². The molecule has 10 heteroatoms. The van der Waals surface area contributed by atoms with Crippen molar-refractivity contribution in [3.8, 4) is 0 Å². The van der Waals surface area contributed by atoms with E-state index in [1.165, 1.54) is 30.8 Å². The van der Waals surface area contributed by atoms with Gasteiger partial charge in [-0.3, -0.25) is 19.6 Å². The van der Waals surface area contributed by atoms with Crippen molar-refractivity contribution in [3.63, 3.8) is 0 Å². The number of halogens is 4. The number of anilines is 1. The van der Waals surface area contributed by atoms with E-state index < -0.39 is 58.4 Å². The number of benzene rings is 2. The third-order valence-electron chi connectivity index (χ3n) is 4.57. The predicted octanol–water partition coefficient (Wildman–Crippen LogP) is 3.02. The molecule has 2 aromatic rings. The highest BCUT2D eigenvalue weighted by Gasteiger charge is 2.37. The Morgan fingerprint density at radius 2 is 1.77 bits per heavy atom. The summed E-state index contributed by atoms with van der Waals surface area (Å²) in [6.07, 6.45) is 3.34. The molecule has 0 saturated heterocycles. The highest BCUT2D eigenvalue weighted by Crippen LogP contribution is 2.30. The quantitative estimate of drug-likeness (QED) is 0.457. The smallest absolute Gasteiger partial charge is 0.255 e. The van der Waals surface area contributed by atoms with Crippen LogP contribution in [0.4, 0.5) is 23.2 Å². The average Bonchev–Trinajstić information content (AvgIpc) is 3.16. The summed E-state index contributed by atoms with van der Waals surface area (Å²) in [6, 6.07) is 4.07. The molecule has 0 fully saturated rings. The number of carbonyl (C=O) groups is 2. The maximum absolute atomic E-state index is 15.0. The van der Waals surface area contributed by atoms with Crippen LogP contribution in [0.25, 0.3) is 0 Å². The van der Waals surface area contributed by atoms with Crippen LogP contribution in [-0.4, -0.2) is 36.3 Å². The molecule has 6 nitrogen and oxygen atoms in total. The number of carbonyl (C=O) groups excluding carboxylic acids is 2. The fraction of sp³-hybridized carbons (Fsp3) is 0.100. The van der Waals surface area contributed by atoms with Crippen molar-refractivity contribution >= 4 is 29.8 Å². The zero-order valence-electron chi connectivity index (χ0n) is 15.0. The van der Waals surface area contributed by atoms with Gasteiger partial charge in [0.05, 0.1) is 11.3 Å². The Kier molecular flexibility index (Phi) is 4.90. The number of nitrogens with zero attached hydrogens (tertiary/aromatic N) is 2. The molecule has 0 radical (unpaired) electrons. The first kappa shape index (κ1) is 19.5. The summed E-state index contributed by atoms with van der Waals surface area (Å²) in [5.41, 5.74) is -2.23. The van der Waals surface area contributed by atoms with Crippen LogP contribution >= 0.6 is 0 Å². The van der Waals surface area contributed by atoms with Gasteiger partial charge < -0.3 is 10.6 Å². The normalized spacial score (nSPS) is 19.1. The van der Waals surface area contributed by atoms with Gasteiger partial charge >= 0.3 is 0 Å².